The van der Waals surface area contributed by atoms with Crippen molar-refractivity contribution in [2.75, 3.05) is 13.2 Å². The Morgan fingerprint density at radius 2 is 2.20 bits per heavy atom. The molecule has 0 bridgehead atoms. The van der Waals surface area contributed by atoms with Gasteiger partial charge in [-0.05, 0) is 18.9 Å². The molecule has 0 saturated carbocycles. The summed E-state index contributed by atoms with van der Waals surface area (Å²) in [5, 5.41) is 4.31. The lowest BCUT2D eigenvalue weighted by Crippen LogP contribution is -2.38. The second-order valence-electron chi connectivity index (χ2n) is 4.63. The molecular weight excluding hydrogens is 273 g/mol. The molecule has 0 fully saturated rings. The lowest BCUT2D eigenvalue weighted by molar-refractivity contribution is -0.174. The van der Waals surface area contributed by atoms with Crippen molar-refractivity contribution in [2.45, 2.75) is 38.4 Å². The van der Waals surface area contributed by atoms with E-state index in [2.05, 4.69) is 15.3 Å². The summed E-state index contributed by atoms with van der Waals surface area (Å²) in [6.45, 7) is 0.790. The molecule has 1 atom stereocenters. The van der Waals surface area contributed by atoms with Gasteiger partial charge in [0, 0.05) is 31.8 Å². The molecular formula is C12H21F3N4O. The molecule has 20 heavy (non-hydrogen) atoms. The number of nitrogens with two attached hydrogens (primary N) is 1. The van der Waals surface area contributed by atoms with Gasteiger partial charge in [-0.1, -0.05) is 6.92 Å². The molecule has 8 heteroatoms. The molecule has 1 aromatic heterocycles. The maximum absolute atomic E-state index is 11.9. The number of ether oxygens (including phenoxy) is 1. The van der Waals surface area contributed by atoms with Crippen molar-refractivity contribution in [3.63, 3.8) is 0 Å². The first-order valence-corrected chi connectivity index (χ1v) is 6.48. The Morgan fingerprint density at radius 3 is 2.70 bits per heavy atom. The van der Waals surface area contributed by atoms with Crippen LogP contribution in [-0.4, -0.2) is 35.2 Å². The first-order chi connectivity index (χ1) is 9.35. The Bertz CT molecular complexity index is 406. The highest BCUT2D eigenvalue weighted by Crippen LogP contribution is 2.15. The van der Waals surface area contributed by atoms with E-state index in [1.165, 1.54) is 0 Å². The Morgan fingerprint density at radius 1 is 1.50 bits per heavy atom. The first kappa shape index (κ1) is 16.9. The van der Waals surface area contributed by atoms with Crippen LogP contribution in [0.2, 0.25) is 0 Å². The molecule has 1 heterocycles. The summed E-state index contributed by atoms with van der Waals surface area (Å²) >= 11 is 0. The van der Waals surface area contributed by atoms with Crippen molar-refractivity contribution in [3.05, 3.63) is 17.5 Å². The molecule has 0 amide bonds. The van der Waals surface area contributed by atoms with Gasteiger partial charge in [0.2, 0.25) is 0 Å². The van der Waals surface area contributed by atoms with Gasteiger partial charge in [-0.3, -0.25) is 16.0 Å². The van der Waals surface area contributed by atoms with Crippen molar-refractivity contribution in [1.29, 1.82) is 0 Å². The number of hydrogen-bond acceptors (Lipinski definition) is 4. The third-order valence-electron chi connectivity index (χ3n) is 2.96. The maximum Gasteiger partial charge on any atom is 0.411 e. The summed E-state index contributed by atoms with van der Waals surface area (Å²) in [5.41, 5.74) is 4.57. The van der Waals surface area contributed by atoms with Crippen LogP contribution < -0.4 is 11.3 Å². The van der Waals surface area contributed by atoms with Gasteiger partial charge in [0.1, 0.15) is 6.61 Å². The molecule has 0 spiro atoms. The fourth-order valence-corrected chi connectivity index (χ4v) is 1.85. The Kier molecular flexibility index (Phi) is 6.44. The molecule has 0 aliphatic rings. The van der Waals surface area contributed by atoms with E-state index in [1.54, 1.807) is 4.68 Å². The summed E-state index contributed by atoms with van der Waals surface area (Å²) in [7, 11) is 1.84. The van der Waals surface area contributed by atoms with Gasteiger partial charge in [-0.15, -0.1) is 0 Å². The molecule has 1 unspecified atom stereocenters. The number of aromatic nitrogens is 2. The fourth-order valence-electron chi connectivity index (χ4n) is 1.85. The van der Waals surface area contributed by atoms with E-state index in [4.69, 9.17) is 5.84 Å². The van der Waals surface area contributed by atoms with Crippen LogP contribution in [-0.2, 0) is 24.6 Å². The van der Waals surface area contributed by atoms with Crippen molar-refractivity contribution in [2.24, 2.45) is 12.9 Å². The van der Waals surface area contributed by atoms with Gasteiger partial charge in [0.15, 0.2) is 0 Å². The number of rotatable bonds is 8. The summed E-state index contributed by atoms with van der Waals surface area (Å²) in [5.74, 6) is 5.42. The van der Waals surface area contributed by atoms with E-state index in [0.29, 0.717) is 12.8 Å². The van der Waals surface area contributed by atoms with Crippen LogP contribution in [0.1, 0.15) is 24.7 Å². The minimum Gasteiger partial charge on any atom is -0.372 e. The van der Waals surface area contributed by atoms with Crippen LogP contribution in [0.15, 0.2) is 6.07 Å². The normalized spacial score (nSPS) is 13.7. The summed E-state index contributed by atoms with van der Waals surface area (Å²) in [6.07, 6.45) is -2.46. The summed E-state index contributed by atoms with van der Waals surface area (Å²) in [4.78, 5) is 0. The standard InChI is InChI=1S/C12H21F3N4O/c1-3-9-6-11(19(2)18-9)7-10(17-16)4-5-20-8-12(13,14)15/h6,10,17H,3-5,7-8,16H2,1-2H3. The minimum atomic E-state index is -4.29. The minimum absolute atomic E-state index is 0.00681. The Hall–Kier alpha value is -1.12. The second-order valence-corrected chi connectivity index (χ2v) is 4.63. The van der Waals surface area contributed by atoms with E-state index in [0.717, 1.165) is 17.8 Å². The molecule has 1 rings (SSSR count). The van der Waals surface area contributed by atoms with Gasteiger partial charge < -0.3 is 4.74 Å². The molecule has 5 nitrogen and oxygen atoms in total. The molecule has 0 aliphatic carbocycles. The average molecular weight is 294 g/mol. The fraction of sp³-hybridized carbons (Fsp3) is 0.750. The van der Waals surface area contributed by atoms with Crippen molar-refractivity contribution < 1.29 is 17.9 Å². The van der Waals surface area contributed by atoms with Crippen molar-refractivity contribution in [1.82, 2.24) is 15.2 Å². The number of hydrazine groups is 1. The van der Waals surface area contributed by atoms with Gasteiger partial charge in [-0.25, -0.2) is 0 Å². The third kappa shape index (κ3) is 5.89. The van der Waals surface area contributed by atoms with Crippen molar-refractivity contribution in [3.8, 4) is 0 Å². The first-order valence-electron chi connectivity index (χ1n) is 6.48. The van der Waals surface area contributed by atoms with Gasteiger partial charge in [0.25, 0.3) is 0 Å². The highest BCUT2D eigenvalue weighted by atomic mass is 19.4. The number of nitrogens with one attached hydrogen (secondary N) is 1. The highest BCUT2D eigenvalue weighted by molar-refractivity contribution is 5.11. The Balaban J connectivity index is 2.40. The zero-order chi connectivity index (χ0) is 15.2. The van der Waals surface area contributed by atoms with Gasteiger partial charge in [0.05, 0.1) is 5.69 Å². The lowest BCUT2D eigenvalue weighted by Gasteiger charge is -2.16. The smallest absolute Gasteiger partial charge is 0.372 e. The lowest BCUT2D eigenvalue weighted by atomic mass is 10.1. The number of nitrogens with zero attached hydrogens (tertiary/aromatic N) is 2. The van der Waals surface area contributed by atoms with Crippen LogP contribution in [0.3, 0.4) is 0 Å². The van der Waals surface area contributed by atoms with Crippen LogP contribution in [0, 0.1) is 0 Å². The monoisotopic (exact) mass is 294 g/mol. The zero-order valence-corrected chi connectivity index (χ0v) is 11.7. The van der Waals surface area contributed by atoms with Crippen LogP contribution >= 0.6 is 0 Å². The summed E-state index contributed by atoms with van der Waals surface area (Å²) < 4.78 is 42.1. The predicted molar refractivity (Wildman–Crippen MR) is 68.9 cm³/mol. The zero-order valence-electron chi connectivity index (χ0n) is 11.7. The van der Waals surface area contributed by atoms with Crippen LogP contribution in [0.25, 0.3) is 0 Å². The largest absolute Gasteiger partial charge is 0.411 e. The van der Waals surface area contributed by atoms with Gasteiger partial charge in [-0.2, -0.15) is 18.3 Å². The molecule has 0 saturated heterocycles. The van der Waals surface area contributed by atoms with Crippen molar-refractivity contribution >= 4 is 0 Å². The maximum atomic E-state index is 11.9. The molecule has 116 valence electrons. The third-order valence-corrected chi connectivity index (χ3v) is 2.96. The van der Waals surface area contributed by atoms with E-state index in [1.807, 2.05) is 20.0 Å². The van der Waals surface area contributed by atoms with Gasteiger partial charge >= 0.3 is 6.18 Å². The predicted octanol–water partition coefficient (Wildman–Crippen LogP) is 1.33. The number of aryl methyl sites for hydroxylation is 2. The van der Waals surface area contributed by atoms with E-state index in [-0.39, 0.29) is 12.6 Å². The molecule has 0 aliphatic heterocycles. The second kappa shape index (κ2) is 7.61. The quantitative estimate of drug-likeness (QED) is 0.431. The molecule has 1 aromatic rings. The number of alkyl halides is 3. The summed E-state index contributed by atoms with van der Waals surface area (Å²) in [6, 6.07) is 1.82. The van der Waals surface area contributed by atoms with Crippen LogP contribution in [0.4, 0.5) is 13.2 Å². The topological polar surface area (TPSA) is 65.1 Å². The van der Waals surface area contributed by atoms with E-state index in [9.17, 15) is 13.2 Å². The molecule has 3 N–H and O–H groups in total. The van der Waals surface area contributed by atoms with Crippen LogP contribution in [0.5, 0.6) is 0 Å². The van der Waals surface area contributed by atoms with E-state index >= 15 is 0 Å². The number of halogens is 3. The van der Waals surface area contributed by atoms with E-state index < -0.39 is 12.8 Å². The molecule has 0 radical (unpaired) electrons. The Labute approximate surface area is 116 Å². The highest BCUT2D eigenvalue weighted by Gasteiger charge is 2.27. The molecule has 0 aromatic carbocycles. The average Bonchev–Trinajstić information content (AvgIpc) is 2.72. The number of hydrogen-bond donors (Lipinski definition) is 2. The SMILES string of the molecule is CCc1cc(CC(CCOCC(F)(F)F)NN)n(C)n1.